The van der Waals surface area contributed by atoms with E-state index in [0.29, 0.717) is 17.7 Å². The van der Waals surface area contributed by atoms with Gasteiger partial charge in [0.1, 0.15) is 11.5 Å². The topological polar surface area (TPSA) is 116 Å². The number of aromatic hydroxyl groups is 2. The molecule has 148 valence electrons. The summed E-state index contributed by atoms with van der Waals surface area (Å²) in [6.07, 6.45) is 0.498. The number of sulfonamides is 1. The van der Waals surface area contributed by atoms with Crippen LogP contribution >= 0.6 is 0 Å². The Morgan fingerprint density at radius 2 is 1.69 bits per heavy atom. The van der Waals surface area contributed by atoms with Crippen LogP contribution < -0.4 is 10.1 Å². The lowest BCUT2D eigenvalue weighted by Crippen LogP contribution is -2.19. The molecule has 7 nitrogen and oxygen atoms in total. The highest BCUT2D eigenvalue weighted by atomic mass is 32.2. The molecule has 4 rings (SSSR count). The quantitative estimate of drug-likeness (QED) is 0.612. The molecule has 1 unspecified atom stereocenters. The standard InChI is InChI=1S/C21H19N3O4S/c22-29(27,28)17-10-8-15(9-11-17)24-20(18-6-1-2-7-21(18)26)13-19(23-24)14-4-3-5-16(25)12-14/h1-12,20,25-26H,13H2,(H2,22,27,28). The molecule has 1 aliphatic heterocycles. The average Bonchev–Trinajstić information content (AvgIpc) is 3.13. The maximum Gasteiger partial charge on any atom is 0.238 e. The number of hydrazone groups is 1. The predicted molar refractivity (Wildman–Crippen MR) is 110 cm³/mol. The van der Waals surface area contributed by atoms with E-state index in [2.05, 4.69) is 0 Å². The Labute approximate surface area is 168 Å². The zero-order valence-corrected chi connectivity index (χ0v) is 16.1. The number of hydrogen-bond donors (Lipinski definition) is 3. The molecule has 0 spiro atoms. The summed E-state index contributed by atoms with van der Waals surface area (Å²) < 4.78 is 23.1. The zero-order valence-electron chi connectivity index (χ0n) is 15.3. The first-order valence-electron chi connectivity index (χ1n) is 8.90. The van der Waals surface area contributed by atoms with Gasteiger partial charge in [-0.15, -0.1) is 0 Å². The number of anilines is 1. The van der Waals surface area contributed by atoms with E-state index in [1.165, 1.54) is 12.1 Å². The first kappa shape index (κ1) is 19.0. The molecule has 0 fully saturated rings. The number of nitrogens with zero attached hydrogens (tertiary/aromatic N) is 2. The molecule has 1 atom stereocenters. The molecular formula is C21H19N3O4S. The highest BCUT2D eigenvalue weighted by Crippen LogP contribution is 2.40. The Morgan fingerprint density at radius 3 is 2.34 bits per heavy atom. The summed E-state index contributed by atoms with van der Waals surface area (Å²) in [7, 11) is -3.80. The van der Waals surface area contributed by atoms with E-state index in [-0.39, 0.29) is 22.4 Å². The van der Waals surface area contributed by atoms with Gasteiger partial charge in [0.05, 0.1) is 22.3 Å². The number of rotatable bonds is 4. The summed E-state index contributed by atoms with van der Waals surface area (Å²) in [6, 6.07) is 19.6. The van der Waals surface area contributed by atoms with E-state index < -0.39 is 10.0 Å². The number of para-hydroxylation sites is 1. The maximum absolute atomic E-state index is 11.5. The molecule has 0 aromatic heterocycles. The van der Waals surface area contributed by atoms with Crippen molar-refractivity contribution in [2.45, 2.75) is 17.4 Å². The van der Waals surface area contributed by atoms with Crippen molar-refractivity contribution in [1.82, 2.24) is 0 Å². The Balaban J connectivity index is 1.78. The van der Waals surface area contributed by atoms with E-state index in [4.69, 9.17) is 10.2 Å². The molecule has 4 N–H and O–H groups in total. The minimum absolute atomic E-state index is 0.0109. The van der Waals surface area contributed by atoms with Crippen LogP contribution in [0.5, 0.6) is 11.5 Å². The second kappa shape index (κ2) is 7.23. The third-order valence-electron chi connectivity index (χ3n) is 4.82. The van der Waals surface area contributed by atoms with Gasteiger partial charge < -0.3 is 10.2 Å². The van der Waals surface area contributed by atoms with Gasteiger partial charge in [-0.25, -0.2) is 13.6 Å². The monoisotopic (exact) mass is 409 g/mol. The minimum atomic E-state index is -3.80. The Morgan fingerprint density at radius 1 is 0.966 bits per heavy atom. The second-order valence-electron chi connectivity index (χ2n) is 6.76. The van der Waals surface area contributed by atoms with Crippen LogP contribution in [0.25, 0.3) is 0 Å². The van der Waals surface area contributed by atoms with Gasteiger partial charge >= 0.3 is 0 Å². The fraction of sp³-hybridized carbons (Fsp3) is 0.0952. The maximum atomic E-state index is 11.5. The van der Waals surface area contributed by atoms with Crippen LogP contribution in [-0.4, -0.2) is 24.3 Å². The van der Waals surface area contributed by atoms with E-state index in [1.807, 2.05) is 18.2 Å². The lowest BCUT2D eigenvalue weighted by Gasteiger charge is -2.24. The molecule has 0 amide bonds. The molecule has 0 aliphatic carbocycles. The van der Waals surface area contributed by atoms with Crippen molar-refractivity contribution >= 4 is 21.4 Å². The third kappa shape index (κ3) is 3.80. The first-order valence-corrected chi connectivity index (χ1v) is 10.4. The molecule has 29 heavy (non-hydrogen) atoms. The summed E-state index contributed by atoms with van der Waals surface area (Å²) in [5, 5.41) is 31.8. The zero-order chi connectivity index (χ0) is 20.6. The van der Waals surface area contributed by atoms with E-state index in [0.717, 1.165) is 11.3 Å². The molecule has 0 saturated carbocycles. The van der Waals surface area contributed by atoms with Gasteiger partial charge in [0.25, 0.3) is 0 Å². The normalized spacial score (nSPS) is 16.7. The molecule has 0 saturated heterocycles. The number of benzene rings is 3. The minimum Gasteiger partial charge on any atom is -0.508 e. The van der Waals surface area contributed by atoms with Crippen LogP contribution in [0.3, 0.4) is 0 Å². The summed E-state index contributed by atoms with van der Waals surface area (Å²) in [6.45, 7) is 0. The highest BCUT2D eigenvalue weighted by molar-refractivity contribution is 7.89. The summed E-state index contributed by atoms with van der Waals surface area (Å²) in [4.78, 5) is 0.0109. The second-order valence-corrected chi connectivity index (χ2v) is 8.32. The molecular weight excluding hydrogens is 390 g/mol. The SMILES string of the molecule is NS(=O)(=O)c1ccc(N2N=C(c3cccc(O)c3)CC2c2ccccc2O)cc1. The molecule has 0 radical (unpaired) electrons. The van der Waals surface area contributed by atoms with Gasteiger partial charge in [0.2, 0.25) is 10.0 Å². The number of phenolic OH excluding ortho intramolecular Hbond substituents is 2. The van der Waals surface area contributed by atoms with Crippen LogP contribution in [0, 0.1) is 0 Å². The van der Waals surface area contributed by atoms with Gasteiger partial charge in [-0.3, -0.25) is 5.01 Å². The molecule has 3 aromatic carbocycles. The Bertz CT molecular complexity index is 1190. The lowest BCUT2D eigenvalue weighted by atomic mass is 9.97. The fourth-order valence-corrected chi connectivity index (χ4v) is 3.92. The molecule has 0 bridgehead atoms. The largest absolute Gasteiger partial charge is 0.508 e. The van der Waals surface area contributed by atoms with E-state index in [9.17, 15) is 18.6 Å². The molecule has 8 heteroatoms. The van der Waals surface area contributed by atoms with Crippen LogP contribution in [0.4, 0.5) is 5.69 Å². The summed E-state index contributed by atoms with van der Waals surface area (Å²) in [5.41, 5.74) is 2.86. The molecule has 1 aliphatic rings. The Hall–Kier alpha value is -3.36. The van der Waals surface area contributed by atoms with Crippen molar-refractivity contribution in [3.05, 3.63) is 83.9 Å². The smallest absolute Gasteiger partial charge is 0.238 e. The Kier molecular flexibility index (Phi) is 4.73. The average molecular weight is 409 g/mol. The van der Waals surface area contributed by atoms with E-state index >= 15 is 0 Å². The highest BCUT2D eigenvalue weighted by Gasteiger charge is 2.31. The van der Waals surface area contributed by atoms with Crippen molar-refractivity contribution < 1.29 is 18.6 Å². The van der Waals surface area contributed by atoms with Gasteiger partial charge in [0.15, 0.2) is 0 Å². The van der Waals surface area contributed by atoms with Crippen LogP contribution in [0.2, 0.25) is 0 Å². The number of nitrogens with two attached hydrogens (primary N) is 1. The summed E-state index contributed by atoms with van der Waals surface area (Å²) in [5.74, 6) is 0.288. The molecule has 1 heterocycles. The van der Waals surface area contributed by atoms with Gasteiger partial charge in [-0.05, 0) is 42.5 Å². The van der Waals surface area contributed by atoms with Crippen molar-refractivity contribution in [2.75, 3.05) is 5.01 Å². The van der Waals surface area contributed by atoms with E-state index in [1.54, 1.807) is 47.5 Å². The van der Waals surface area contributed by atoms with Gasteiger partial charge in [-0.2, -0.15) is 5.10 Å². The molecule has 3 aromatic rings. The lowest BCUT2D eigenvalue weighted by molar-refractivity contribution is 0.461. The van der Waals surface area contributed by atoms with Crippen LogP contribution in [0.15, 0.2) is 82.8 Å². The number of phenols is 2. The fourth-order valence-electron chi connectivity index (χ4n) is 3.41. The van der Waals surface area contributed by atoms with Gasteiger partial charge in [-0.1, -0.05) is 30.3 Å². The van der Waals surface area contributed by atoms with Crippen LogP contribution in [-0.2, 0) is 10.0 Å². The van der Waals surface area contributed by atoms with Crippen molar-refractivity contribution in [3.63, 3.8) is 0 Å². The van der Waals surface area contributed by atoms with Crippen molar-refractivity contribution in [1.29, 1.82) is 0 Å². The number of hydrogen-bond acceptors (Lipinski definition) is 6. The van der Waals surface area contributed by atoms with Crippen molar-refractivity contribution in [3.8, 4) is 11.5 Å². The van der Waals surface area contributed by atoms with Crippen LogP contribution in [0.1, 0.15) is 23.6 Å². The first-order chi connectivity index (χ1) is 13.8. The predicted octanol–water partition coefficient (Wildman–Crippen LogP) is 3.10. The number of primary sulfonamides is 1. The van der Waals surface area contributed by atoms with Crippen molar-refractivity contribution in [2.24, 2.45) is 10.2 Å². The third-order valence-corrected chi connectivity index (χ3v) is 5.74. The summed E-state index contributed by atoms with van der Waals surface area (Å²) >= 11 is 0. The van der Waals surface area contributed by atoms with Gasteiger partial charge in [0, 0.05) is 17.5 Å².